The second-order valence-electron chi connectivity index (χ2n) is 6.77. The van der Waals surface area contributed by atoms with Crippen molar-refractivity contribution in [2.75, 3.05) is 6.54 Å². The molecule has 0 atom stereocenters. The fourth-order valence-electron chi connectivity index (χ4n) is 2.45. The van der Waals surface area contributed by atoms with E-state index in [2.05, 4.69) is 15.5 Å². The lowest BCUT2D eigenvalue weighted by molar-refractivity contribution is 0.0943. The van der Waals surface area contributed by atoms with Gasteiger partial charge < -0.3 is 14.6 Å². The first-order valence-corrected chi connectivity index (χ1v) is 8.92. The highest BCUT2D eigenvalue weighted by molar-refractivity contribution is 5.96. The number of benzene rings is 2. The molecule has 3 rings (SSSR count). The molecule has 1 heterocycles. The van der Waals surface area contributed by atoms with Gasteiger partial charge in [0.15, 0.2) is 6.61 Å². The molecule has 140 valence electrons. The van der Waals surface area contributed by atoms with Gasteiger partial charge in [-0.25, -0.2) is 0 Å². The molecule has 0 fully saturated rings. The second kappa shape index (κ2) is 8.49. The summed E-state index contributed by atoms with van der Waals surface area (Å²) in [7, 11) is 0. The van der Waals surface area contributed by atoms with E-state index in [0.717, 1.165) is 11.1 Å². The van der Waals surface area contributed by atoms with Gasteiger partial charge in [0, 0.05) is 12.1 Å². The zero-order chi connectivity index (χ0) is 19.2. The number of rotatable bonds is 7. The number of ether oxygens (including phenoxy) is 1. The van der Waals surface area contributed by atoms with Crippen LogP contribution in [0, 0.1) is 12.8 Å². The smallest absolute Gasteiger partial charge is 0.264 e. The van der Waals surface area contributed by atoms with Crippen LogP contribution in [-0.4, -0.2) is 22.6 Å². The van der Waals surface area contributed by atoms with E-state index >= 15 is 0 Å². The van der Waals surface area contributed by atoms with E-state index in [1.165, 1.54) is 0 Å². The van der Waals surface area contributed by atoms with Crippen LogP contribution in [0.4, 0.5) is 0 Å². The van der Waals surface area contributed by atoms with E-state index in [0.29, 0.717) is 35.5 Å². The summed E-state index contributed by atoms with van der Waals surface area (Å²) in [6.07, 6.45) is 0. The molecular weight excluding hydrogens is 342 g/mol. The summed E-state index contributed by atoms with van der Waals surface area (Å²) in [6.45, 7) is 6.81. The molecule has 2 aromatic carbocycles. The quantitative estimate of drug-likeness (QED) is 0.684. The molecule has 27 heavy (non-hydrogen) atoms. The third kappa shape index (κ3) is 4.94. The van der Waals surface area contributed by atoms with Crippen LogP contribution in [0.3, 0.4) is 0 Å². The number of aromatic nitrogens is 2. The average Bonchev–Trinajstić information content (AvgIpc) is 3.14. The molecule has 6 heteroatoms. The number of carbonyl (C=O) groups excluding carboxylic acids is 1. The number of nitrogens with one attached hydrogen (secondary N) is 1. The van der Waals surface area contributed by atoms with E-state index in [9.17, 15) is 4.79 Å². The Morgan fingerprint density at radius 1 is 1.15 bits per heavy atom. The second-order valence-corrected chi connectivity index (χ2v) is 6.77. The minimum absolute atomic E-state index is 0.0906. The van der Waals surface area contributed by atoms with E-state index in [4.69, 9.17) is 9.26 Å². The van der Waals surface area contributed by atoms with Crippen LogP contribution in [0.25, 0.3) is 11.4 Å². The van der Waals surface area contributed by atoms with Gasteiger partial charge in [-0.15, -0.1) is 0 Å². The number of hydrogen-bond donors (Lipinski definition) is 1. The van der Waals surface area contributed by atoms with Crippen molar-refractivity contribution in [3.05, 3.63) is 65.5 Å². The highest BCUT2D eigenvalue weighted by atomic mass is 16.5. The van der Waals surface area contributed by atoms with E-state index in [1.54, 1.807) is 18.2 Å². The predicted octanol–water partition coefficient (Wildman–Crippen LogP) is 4.01. The average molecular weight is 365 g/mol. The third-order valence-electron chi connectivity index (χ3n) is 3.93. The van der Waals surface area contributed by atoms with Gasteiger partial charge in [0.25, 0.3) is 11.8 Å². The van der Waals surface area contributed by atoms with Crippen molar-refractivity contribution in [2.24, 2.45) is 5.92 Å². The molecule has 0 saturated carbocycles. The standard InChI is InChI=1S/C21H23N3O3/c1-14(2)12-22-21(25)17-6-4-5-7-18(17)26-13-19-23-20(24-27-19)16-10-8-15(3)9-11-16/h4-11,14H,12-13H2,1-3H3,(H,22,25). The molecule has 0 unspecified atom stereocenters. The maximum Gasteiger partial charge on any atom is 0.264 e. The summed E-state index contributed by atoms with van der Waals surface area (Å²) in [4.78, 5) is 16.7. The van der Waals surface area contributed by atoms with E-state index < -0.39 is 0 Å². The Kier molecular flexibility index (Phi) is 5.86. The SMILES string of the molecule is Cc1ccc(-c2noc(COc3ccccc3C(=O)NCC(C)C)n2)cc1. The first kappa shape index (κ1) is 18.6. The molecule has 1 N–H and O–H groups in total. The minimum atomic E-state index is -0.162. The number of carbonyl (C=O) groups is 1. The fraction of sp³-hybridized carbons (Fsp3) is 0.286. The molecule has 0 spiro atoms. The van der Waals surface area contributed by atoms with Crippen LogP contribution < -0.4 is 10.1 Å². The highest BCUT2D eigenvalue weighted by Gasteiger charge is 2.14. The fourth-order valence-corrected chi connectivity index (χ4v) is 2.45. The Morgan fingerprint density at radius 3 is 2.63 bits per heavy atom. The first-order chi connectivity index (χ1) is 13.0. The lowest BCUT2D eigenvalue weighted by Gasteiger charge is -2.11. The Bertz CT molecular complexity index is 901. The van der Waals surface area contributed by atoms with Gasteiger partial charge in [0.1, 0.15) is 5.75 Å². The molecule has 0 saturated heterocycles. The summed E-state index contributed by atoms with van der Waals surface area (Å²) in [5.41, 5.74) is 2.53. The molecule has 0 bridgehead atoms. The van der Waals surface area contributed by atoms with Crippen LogP contribution in [0.1, 0.15) is 35.7 Å². The number of amides is 1. The number of hydrogen-bond acceptors (Lipinski definition) is 5. The minimum Gasteiger partial charge on any atom is -0.483 e. The van der Waals surface area contributed by atoms with Crippen molar-refractivity contribution >= 4 is 5.91 Å². The lowest BCUT2D eigenvalue weighted by atomic mass is 10.1. The van der Waals surface area contributed by atoms with Crippen LogP contribution in [0.2, 0.25) is 0 Å². The topological polar surface area (TPSA) is 77.2 Å². The maximum atomic E-state index is 12.4. The van der Waals surface area contributed by atoms with Crippen molar-refractivity contribution in [3.8, 4) is 17.1 Å². The monoisotopic (exact) mass is 365 g/mol. The van der Waals surface area contributed by atoms with Gasteiger partial charge in [0.05, 0.1) is 5.56 Å². The van der Waals surface area contributed by atoms with Crippen LogP contribution in [0.5, 0.6) is 5.75 Å². The summed E-state index contributed by atoms with van der Waals surface area (Å²) >= 11 is 0. The Hall–Kier alpha value is -3.15. The summed E-state index contributed by atoms with van der Waals surface area (Å²) in [5.74, 6) is 1.55. The van der Waals surface area contributed by atoms with Gasteiger partial charge in [-0.05, 0) is 25.0 Å². The normalized spacial score (nSPS) is 10.8. The molecule has 6 nitrogen and oxygen atoms in total. The molecule has 0 aliphatic heterocycles. The van der Waals surface area contributed by atoms with Crippen LogP contribution in [-0.2, 0) is 6.61 Å². The molecular formula is C21H23N3O3. The summed E-state index contributed by atoms with van der Waals surface area (Å²) in [6, 6.07) is 15.0. The van der Waals surface area contributed by atoms with Gasteiger partial charge in [0.2, 0.25) is 5.82 Å². The van der Waals surface area contributed by atoms with Crippen LogP contribution in [0.15, 0.2) is 53.1 Å². The Morgan fingerprint density at radius 2 is 1.89 bits per heavy atom. The summed E-state index contributed by atoms with van der Waals surface area (Å²) < 4.78 is 11.0. The van der Waals surface area contributed by atoms with Crippen molar-refractivity contribution in [3.63, 3.8) is 0 Å². The molecule has 0 aliphatic rings. The number of aryl methyl sites for hydroxylation is 1. The van der Waals surface area contributed by atoms with Gasteiger partial charge in [-0.2, -0.15) is 4.98 Å². The van der Waals surface area contributed by atoms with Gasteiger partial charge in [-0.1, -0.05) is 61.0 Å². The zero-order valence-electron chi connectivity index (χ0n) is 15.7. The largest absolute Gasteiger partial charge is 0.483 e. The van der Waals surface area contributed by atoms with Crippen LogP contribution >= 0.6 is 0 Å². The predicted molar refractivity (Wildman–Crippen MR) is 102 cm³/mol. The number of nitrogens with zero attached hydrogens (tertiary/aromatic N) is 2. The Labute approximate surface area is 158 Å². The van der Waals surface area contributed by atoms with Crippen molar-refractivity contribution in [2.45, 2.75) is 27.4 Å². The molecule has 1 amide bonds. The third-order valence-corrected chi connectivity index (χ3v) is 3.93. The Balaban J connectivity index is 1.67. The first-order valence-electron chi connectivity index (χ1n) is 8.92. The van der Waals surface area contributed by atoms with Crippen molar-refractivity contribution in [1.29, 1.82) is 0 Å². The van der Waals surface area contributed by atoms with Crippen molar-refractivity contribution < 1.29 is 14.1 Å². The van der Waals surface area contributed by atoms with Crippen molar-refractivity contribution in [1.82, 2.24) is 15.5 Å². The number of para-hydroxylation sites is 1. The molecule has 0 radical (unpaired) electrons. The highest BCUT2D eigenvalue weighted by Crippen LogP contribution is 2.20. The molecule has 1 aromatic heterocycles. The van der Waals surface area contributed by atoms with E-state index in [-0.39, 0.29) is 12.5 Å². The molecule has 0 aliphatic carbocycles. The van der Waals surface area contributed by atoms with Gasteiger partial charge in [-0.3, -0.25) is 4.79 Å². The van der Waals surface area contributed by atoms with Gasteiger partial charge >= 0.3 is 0 Å². The lowest BCUT2D eigenvalue weighted by Crippen LogP contribution is -2.27. The summed E-state index contributed by atoms with van der Waals surface area (Å²) in [5, 5.41) is 6.89. The van der Waals surface area contributed by atoms with E-state index in [1.807, 2.05) is 51.1 Å². The maximum absolute atomic E-state index is 12.4. The zero-order valence-corrected chi connectivity index (χ0v) is 15.7. The molecule has 3 aromatic rings.